The number of nitrogens with zero attached hydrogens (tertiary/aromatic N) is 3. The summed E-state index contributed by atoms with van der Waals surface area (Å²) in [6, 6.07) is 14.8. The molecular weight excluding hydrogens is 430 g/mol. The number of hydrogen-bond acceptors (Lipinski definition) is 4. The molecule has 138 valence electrons. The molecule has 1 aromatic heterocycles. The Balaban J connectivity index is 1.51. The van der Waals surface area contributed by atoms with Gasteiger partial charge < -0.3 is 9.42 Å². The molecule has 1 saturated heterocycles. The van der Waals surface area contributed by atoms with E-state index >= 15 is 0 Å². The number of benzene rings is 2. The molecule has 0 N–H and O–H groups in total. The minimum atomic E-state index is 0.0182. The Morgan fingerprint density at radius 3 is 2.74 bits per heavy atom. The first kappa shape index (κ1) is 18.2. The first-order valence-electron chi connectivity index (χ1n) is 8.75. The molecule has 3 aromatic rings. The number of likely N-dealkylation sites (tertiary alicyclic amines) is 1. The summed E-state index contributed by atoms with van der Waals surface area (Å²) in [5.74, 6) is 1.17. The summed E-state index contributed by atoms with van der Waals surface area (Å²) >= 11 is 9.39. The summed E-state index contributed by atoms with van der Waals surface area (Å²) in [4.78, 5) is 19.3. The number of amides is 1. The van der Waals surface area contributed by atoms with Gasteiger partial charge >= 0.3 is 0 Å². The maximum atomic E-state index is 12.9. The van der Waals surface area contributed by atoms with Gasteiger partial charge in [0.1, 0.15) is 0 Å². The number of aromatic nitrogens is 2. The predicted molar refractivity (Wildman–Crippen MR) is 107 cm³/mol. The lowest BCUT2D eigenvalue weighted by atomic mass is 9.97. The van der Waals surface area contributed by atoms with E-state index in [0.717, 1.165) is 29.4 Å². The number of halogens is 2. The van der Waals surface area contributed by atoms with Crippen molar-refractivity contribution in [2.24, 2.45) is 0 Å². The van der Waals surface area contributed by atoms with Crippen LogP contribution in [-0.2, 0) is 0 Å². The van der Waals surface area contributed by atoms with E-state index in [0.29, 0.717) is 28.8 Å². The standard InChI is InChI=1S/C20H17BrClN3O2/c21-17-6-2-1-5-16(17)20(26)25-11-3-4-14(12-25)19-23-18(24-27-19)13-7-9-15(22)10-8-13/h1-2,5-10,14H,3-4,11-12H2/t14-/m0/s1. The Morgan fingerprint density at radius 2 is 1.96 bits per heavy atom. The zero-order valence-corrected chi connectivity index (χ0v) is 16.8. The van der Waals surface area contributed by atoms with Crippen molar-refractivity contribution < 1.29 is 9.32 Å². The maximum absolute atomic E-state index is 12.9. The van der Waals surface area contributed by atoms with Gasteiger partial charge in [0.2, 0.25) is 11.7 Å². The molecule has 2 aromatic carbocycles. The van der Waals surface area contributed by atoms with Crippen molar-refractivity contribution in [1.29, 1.82) is 0 Å². The molecule has 4 rings (SSSR count). The Morgan fingerprint density at radius 1 is 1.19 bits per heavy atom. The van der Waals surface area contributed by atoms with Gasteiger partial charge in [-0.25, -0.2) is 0 Å². The van der Waals surface area contributed by atoms with Crippen molar-refractivity contribution in [3.63, 3.8) is 0 Å². The number of piperidine rings is 1. The van der Waals surface area contributed by atoms with Crippen LogP contribution in [0.15, 0.2) is 57.5 Å². The number of carbonyl (C=O) groups excluding carboxylic acids is 1. The van der Waals surface area contributed by atoms with Gasteiger partial charge in [0.15, 0.2) is 0 Å². The predicted octanol–water partition coefficient (Wildman–Crippen LogP) is 5.17. The molecule has 0 saturated carbocycles. The van der Waals surface area contributed by atoms with Crippen LogP contribution in [0.5, 0.6) is 0 Å². The third-order valence-electron chi connectivity index (χ3n) is 4.71. The number of hydrogen-bond donors (Lipinski definition) is 0. The largest absolute Gasteiger partial charge is 0.339 e. The zero-order valence-electron chi connectivity index (χ0n) is 14.4. The summed E-state index contributed by atoms with van der Waals surface area (Å²) in [7, 11) is 0. The molecule has 1 amide bonds. The highest BCUT2D eigenvalue weighted by Gasteiger charge is 2.29. The average Bonchev–Trinajstić information content (AvgIpc) is 3.19. The lowest BCUT2D eigenvalue weighted by Crippen LogP contribution is -2.39. The van der Waals surface area contributed by atoms with E-state index in [1.54, 1.807) is 12.1 Å². The molecule has 2 heterocycles. The normalized spacial score (nSPS) is 17.1. The Kier molecular flexibility index (Phi) is 5.27. The molecule has 0 bridgehead atoms. The first-order valence-corrected chi connectivity index (χ1v) is 9.92. The van der Waals surface area contributed by atoms with Crippen molar-refractivity contribution in [2.75, 3.05) is 13.1 Å². The minimum absolute atomic E-state index is 0.0182. The van der Waals surface area contributed by atoms with Gasteiger partial charge in [-0.2, -0.15) is 4.98 Å². The SMILES string of the molecule is O=C(c1ccccc1Br)N1CCC[C@H](c2nc(-c3ccc(Cl)cc3)no2)C1. The molecule has 0 unspecified atom stereocenters. The third-order valence-corrected chi connectivity index (χ3v) is 5.65. The van der Waals surface area contributed by atoms with E-state index in [1.165, 1.54) is 0 Å². The van der Waals surface area contributed by atoms with E-state index in [2.05, 4.69) is 26.1 Å². The fourth-order valence-electron chi connectivity index (χ4n) is 3.29. The van der Waals surface area contributed by atoms with E-state index in [-0.39, 0.29) is 11.8 Å². The van der Waals surface area contributed by atoms with Crippen molar-refractivity contribution in [2.45, 2.75) is 18.8 Å². The molecule has 0 radical (unpaired) electrons. The summed E-state index contributed by atoms with van der Waals surface area (Å²) < 4.78 is 6.31. The van der Waals surface area contributed by atoms with Crippen LogP contribution in [0.4, 0.5) is 0 Å². The van der Waals surface area contributed by atoms with Crippen LogP contribution in [0.25, 0.3) is 11.4 Å². The van der Waals surface area contributed by atoms with Gasteiger partial charge in [0.05, 0.1) is 11.5 Å². The Labute approximate surface area is 170 Å². The summed E-state index contributed by atoms with van der Waals surface area (Å²) in [5, 5.41) is 4.76. The highest BCUT2D eigenvalue weighted by Crippen LogP contribution is 2.29. The first-order chi connectivity index (χ1) is 13.1. The lowest BCUT2D eigenvalue weighted by molar-refractivity contribution is 0.0694. The van der Waals surface area contributed by atoms with Crippen LogP contribution in [0.2, 0.25) is 5.02 Å². The Bertz CT molecular complexity index is 958. The second kappa shape index (κ2) is 7.82. The van der Waals surface area contributed by atoms with Gasteiger partial charge in [-0.05, 0) is 65.2 Å². The van der Waals surface area contributed by atoms with Crippen LogP contribution < -0.4 is 0 Å². The van der Waals surface area contributed by atoms with Crippen molar-refractivity contribution in [1.82, 2.24) is 15.0 Å². The van der Waals surface area contributed by atoms with E-state index in [9.17, 15) is 4.79 Å². The van der Waals surface area contributed by atoms with Gasteiger partial charge in [0, 0.05) is 28.1 Å². The van der Waals surface area contributed by atoms with E-state index < -0.39 is 0 Å². The topological polar surface area (TPSA) is 59.2 Å². The smallest absolute Gasteiger partial charge is 0.255 e. The minimum Gasteiger partial charge on any atom is -0.339 e. The summed E-state index contributed by atoms with van der Waals surface area (Å²) in [6.45, 7) is 1.30. The van der Waals surface area contributed by atoms with Crippen LogP contribution in [-0.4, -0.2) is 34.0 Å². The van der Waals surface area contributed by atoms with Crippen molar-refractivity contribution in [3.8, 4) is 11.4 Å². The Hall–Kier alpha value is -2.18. The second-order valence-corrected chi connectivity index (χ2v) is 7.82. The zero-order chi connectivity index (χ0) is 18.8. The number of carbonyl (C=O) groups is 1. The molecule has 1 aliphatic rings. The molecule has 1 atom stereocenters. The molecule has 0 spiro atoms. The van der Waals surface area contributed by atoms with Crippen molar-refractivity contribution in [3.05, 3.63) is 69.5 Å². The van der Waals surface area contributed by atoms with Crippen LogP contribution in [0, 0.1) is 0 Å². The average molecular weight is 447 g/mol. The molecule has 27 heavy (non-hydrogen) atoms. The molecule has 1 aliphatic heterocycles. The van der Waals surface area contributed by atoms with Gasteiger partial charge in [-0.3, -0.25) is 4.79 Å². The van der Waals surface area contributed by atoms with Crippen LogP contribution >= 0.6 is 27.5 Å². The van der Waals surface area contributed by atoms with Crippen LogP contribution in [0.1, 0.15) is 35.0 Å². The number of rotatable bonds is 3. The van der Waals surface area contributed by atoms with Gasteiger partial charge in [-0.1, -0.05) is 28.9 Å². The van der Waals surface area contributed by atoms with E-state index in [4.69, 9.17) is 16.1 Å². The van der Waals surface area contributed by atoms with Gasteiger partial charge in [-0.15, -0.1) is 0 Å². The monoisotopic (exact) mass is 445 g/mol. The van der Waals surface area contributed by atoms with Crippen LogP contribution in [0.3, 0.4) is 0 Å². The molecule has 1 fully saturated rings. The molecule has 0 aliphatic carbocycles. The maximum Gasteiger partial charge on any atom is 0.255 e. The quantitative estimate of drug-likeness (QED) is 0.557. The summed E-state index contributed by atoms with van der Waals surface area (Å²) in [6.07, 6.45) is 1.82. The molecule has 7 heteroatoms. The summed E-state index contributed by atoms with van der Waals surface area (Å²) in [5.41, 5.74) is 1.52. The third kappa shape index (κ3) is 3.92. The fraction of sp³-hybridized carbons (Fsp3) is 0.250. The highest BCUT2D eigenvalue weighted by atomic mass is 79.9. The van der Waals surface area contributed by atoms with Crippen molar-refractivity contribution >= 4 is 33.4 Å². The lowest BCUT2D eigenvalue weighted by Gasteiger charge is -2.31. The highest BCUT2D eigenvalue weighted by molar-refractivity contribution is 9.10. The molecule has 5 nitrogen and oxygen atoms in total. The van der Waals surface area contributed by atoms with E-state index in [1.807, 2.05) is 41.3 Å². The fourth-order valence-corrected chi connectivity index (χ4v) is 3.87. The second-order valence-electron chi connectivity index (χ2n) is 6.53. The molecular formula is C20H17BrClN3O2. The van der Waals surface area contributed by atoms with Gasteiger partial charge in [0.25, 0.3) is 5.91 Å².